The van der Waals surface area contributed by atoms with Crippen molar-refractivity contribution in [3.63, 3.8) is 0 Å². The molecule has 1 aromatic heterocycles. The van der Waals surface area contributed by atoms with E-state index >= 15 is 0 Å². The molecule has 1 aromatic rings. The van der Waals surface area contributed by atoms with E-state index in [1.54, 1.807) is 0 Å². The molecule has 0 aromatic carbocycles. The maximum atomic E-state index is 5.79. The van der Waals surface area contributed by atoms with E-state index in [0.29, 0.717) is 5.82 Å². The van der Waals surface area contributed by atoms with Gasteiger partial charge in [-0.25, -0.2) is 0 Å². The summed E-state index contributed by atoms with van der Waals surface area (Å²) in [4.78, 5) is 0. The number of rotatable bonds is 6. The number of aromatic nitrogens is 1. The van der Waals surface area contributed by atoms with Crippen LogP contribution in [0.4, 0.5) is 10.8 Å². The van der Waals surface area contributed by atoms with E-state index in [1.807, 2.05) is 13.8 Å². The Hall–Kier alpha value is -0.970. The van der Waals surface area contributed by atoms with Gasteiger partial charge in [0, 0.05) is 6.54 Å². The highest BCUT2D eigenvalue weighted by atomic mass is 32.1. The molecule has 3 N–H and O–H groups in total. The molecule has 0 spiro atoms. The number of ether oxygens (including phenoxy) is 1. The molecule has 1 aliphatic rings. The maximum absolute atomic E-state index is 5.79. The summed E-state index contributed by atoms with van der Waals surface area (Å²) in [5, 5.41) is 4.36. The summed E-state index contributed by atoms with van der Waals surface area (Å²) in [6, 6.07) is 0. The van der Waals surface area contributed by atoms with Crippen LogP contribution < -0.4 is 15.8 Å². The Labute approximate surface area is 107 Å². The SMILES string of the molecule is CC(C)Oc1c(N)nsc1NCCC1CCC1. The summed E-state index contributed by atoms with van der Waals surface area (Å²) in [6.45, 7) is 4.98. The molecule has 1 aliphatic carbocycles. The zero-order chi connectivity index (χ0) is 12.3. The van der Waals surface area contributed by atoms with Gasteiger partial charge in [0.15, 0.2) is 16.6 Å². The van der Waals surface area contributed by atoms with Crippen molar-refractivity contribution in [3.05, 3.63) is 0 Å². The van der Waals surface area contributed by atoms with E-state index in [9.17, 15) is 0 Å². The van der Waals surface area contributed by atoms with Crippen molar-refractivity contribution in [1.82, 2.24) is 4.37 Å². The first-order valence-electron chi connectivity index (χ1n) is 6.32. The van der Waals surface area contributed by atoms with Gasteiger partial charge in [0.05, 0.1) is 6.10 Å². The van der Waals surface area contributed by atoms with Crippen LogP contribution >= 0.6 is 11.5 Å². The Kier molecular flexibility index (Phi) is 4.10. The van der Waals surface area contributed by atoms with E-state index < -0.39 is 0 Å². The molecule has 0 atom stereocenters. The topological polar surface area (TPSA) is 60.2 Å². The van der Waals surface area contributed by atoms with Gasteiger partial charge in [-0.2, -0.15) is 4.37 Å². The summed E-state index contributed by atoms with van der Waals surface area (Å²) in [7, 11) is 0. The number of hydrogen-bond donors (Lipinski definition) is 2. The molecule has 2 rings (SSSR count). The Morgan fingerprint density at radius 3 is 2.88 bits per heavy atom. The maximum Gasteiger partial charge on any atom is 0.197 e. The lowest BCUT2D eigenvalue weighted by Gasteiger charge is -2.25. The van der Waals surface area contributed by atoms with E-state index in [-0.39, 0.29) is 6.10 Å². The predicted octanol–water partition coefficient (Wildman–Crippen LogP) is 3.11. The summed E-state index contributed by atoms with van der Waals surface area (Å²) in [5.74, 6) is 2.13. The molecule has 0 aliphatic heterocycles. The summed E-state index contributed by atoms with van der Waals surface area (Å²) < 4.78 is 9.81. The number of anilines is 2. The molecule has 0 radical (unpaired) electrons. The zero-order valence-corrected chi connectivity index (χ0v) is 11.3. The van der Waals surface area contributed by atoms with Gasteiger partial charge in [0.25, 0.3) is 0 Å². The number of nitrogens with zero attached hydrogens (tertiary/aromatic N) is 1. The van der Waals surface area contributed by atoms with Crippen molar-refractivity contribution < 1.29 is 4.74 Å². The largest absolute Gasteiger partial charge is 0.484 e. The van der Waals surface area contributed by atoms with E-state index in [4.69, 9.17) is 10.5 Å². The van der Waals surface area contributed by atoms with Crippen LogP contribution in [-0.4, -0.2) is 17.0 Å². The van der Waals surface area contributed by atoms with Crippen molar-refractivity contribution in [2.75, 3.05) is 17.6 Å². The molecule has 1 saturated carbocycles. The van der Waals surface area contributed by atoms with Crippen molar-refractivity contribution in [2.24, 2.45) is 5.92 Å². The molecule has 5 heteroatoms. The first kappa shape index (κ1) is 12.5. The normalized spacial score (nSPS) is 15.9. The van der Waals surface area contributed by atoms with Crippen LogP contribution in [0.25, 0.3) is 0 Å². The molecule has 0 amide bonds. The second-order valence-electron chi connectivity index (χ2n) is 4.91. The molecular formula is C12H21N3OS. The van der Waals surface area contributed by atoms with Crippen LogP contribution in [-0.2, 0) is 0 Å². The molecule has 4 nitrogen and oxygen atoms in total. The lowest BCUT2D eigenvalue weighted by molar-refractivity contribution is 0.245. The smallest absolute Gasteiger partial charge is 0.197 e. The van der Waals surface area contributed by atoms with Crippen molar-refractivity contribution >= 4 is 22.4 Å². The highest BCUT2D eigenvalue weighted by Gasteiger charge is 2.18. The minimum absolute atomic E-state index is 0.126. The van der Waals surface area contributed by atoms with Crippen LogP contribution in [0, 0.1) is 5.92 Å². The van der Waals surface area contributed by atoms with Crippen LogP contribution in [0.5, 0.6) is 5.75 Å². The van der Waals surface area contributed by atoms with Crippen molar-refractivity contribution in [3.8, 4) is 5.75 Å². The second kappa shape index (κ2) is 5.58. The highest BCUT2D eigenvalue weighted by molar-refractivity contribution is 7.11. The fraction of sp³-hybridized carbons (Fsp3) is 0.750. The van der Waals surface area contributed by atoms with Gasteiger partial charge in [0.1, 0.15) is 0 Å². The third-order valence-electron chi connectivity index (χ3n) is 3.09. The zero-order valence-electron chi connectivity index (χ0n) is 10.5. The van der Waals surface area contributed by atoms with Gasteiger partial charge in [-0.15, -0.1) is 0 Å². The quantitative estimate of drug-likeness (QED) is 0.820. The molecule has 17 heavy (non-hydrogen) atoms. The van der Waals surface area contributed by atoms with E-state index in [1.165, 1.54) is 37.2 Å². The molecule has 0 unspecified atom stereocenters. The summed E-state index contributed by atoms with van der Waals surface area (Å²) in [6.07, 6.45) is 5.54. The predicted molar refractivity (Wildman–Crippen MR) is 72.7 cm³/mol. The standard InChI is InChI=1S/C12H21N3OS/c1-8(2)16-10-11(13)15-17-12(10)14-7-6-9-4-3-5-9/h8-9,14H,3-7H2,1-2H3,(H2,13,15). The molecule has 0 bridgehead atoms. The molecule has 96 valence electrons. The molecule has 0 saturated heterocycles. The lowest BCUT2D eigenvalue weighted by atomic mass is 9.83. The minimum atomic E-state index is 0.126. The number of nitrogen functional groups attached to an aromatic ring is 1. The minimum Gasteiger partial charge on any atom is -0.484 e. The first-order chi connectivity index (χ1) is 8.16. The first-order valence-corrected chi connectivity index (χ1v) is 7.10. The van der Waals surface area contributed by atoms with Gasteiger partial charge in [0.2, 0.25) is 0 Å². The van der Waals surface area contributed by atoms with Crippen LogP contribution in [0.3, 0.4) is 0 Å². The summed E-state index contributed by atoms with van der Waals surface area (Å²) in [5.41, 5.74) is 5.79. The molecule has 1 fully saturated rings. The Balaban J connectivity index is 1.85. The van der Waals surface area contributed by atoms with Gasteiger partial charge in [-0.1, -0.05) is 19.3 Å². The fourth-order valence-electron chi connectivity index (χ4n) is 1.93. The Bertz CT molecular complexity index is 361. The monoisotopic (exact) mass is 255 g/mol. The van der Waals surface area contributed by atoms with Gasteiger partial charge >= 0.3 is 0 Å². The lowest BCUT2D eigenvalue weighted by Crippen LogP contribution is -2.16. The third kappa shape index (κ3) is 3.25. The fourth-order valence-corrected chi connectivity index (χ4v) is 2.60. The molecular weight excluding hydrogens is 234 g/mol. The number of nitrogens with two attached hydrogens (primary N) is 1. The van der Waals surface area contributed by atoms with Crippen LogP contribution in [0.15, 0.2) is 0 Å². The van der Waals surface area contributed by atoms with Gasteiger partial charge in [-0.05, 0) is 37.7 Å². The van der Waals surface area contributed by atoms with Gasteiger partial charge in [-0.3, -0.25) is 0 Å². The van der Waals surface area contributed by atoms with Crippen LogP contribution in [0.2, 0.25) is 0 Å². The van der Waals surface area contributed by atoms with Crippen LogP contribution in [0.1, 0.15) is 39.5 Å². The Morgan fingerprint density at radius 2 is 2.29 bits per heavy atom. The second-order valence-corrected chi connectivity index (χ2v) is 5.68. The highest BCUT2D eigenvalue weighted by Crippen LogP contribution is 2.36. The molecule has 1 heterocycles. The average molecular weight is 255 g/mol. The number of nitrogens with one attached hydrogen (secondary N) is 1. The van der Waals surface area contributed by atoms with Gasteiger partial charge < -0.3 is 15.8 Å². The summed E-state index contributed by atoms with van der Waals surface area (Å²) >= 11 is 1.38. The van der Waals surface area contributed by atoms with Crippen molar-refractivity contribution in [1.29, 1.82) is 0 Å². The third-order valence-corrected chi connectivity index (χ3v) is 3.89. The van der Waals surface area contributed by atoms with E-state index in [2.05, 4.69) is 9.69 Å². The van der Waals surface area contributed by atoms with Crippen molar-refractivity contribution in [2.45, 2.75) is 45.6 Å². The van der Waals surface area contributed by atoms with E-state index in [0.717, 1.165) is 23.2 Å². The Morgan fingerprint density at radius 1 is 1.53 bits per heavy atom. The average Bonchev–Trinajstić information content (AvgIpc) is 2.53. The number of hydrogen-bond acceptors (Lipinski definition) is 5.